The van der Waals surface area contributed by atoms with Crippen LogP contribution in [0.3, 0.4) is 0 Å². The lowest BCUT2D eigenvalue weighted by atomic mass is 10.1. The molecule has 26 heavy (non-hydrogen) atoms. The third-order valence-electron chi connectivity index (χ3n) is 4.52. The molecular formula is C19H21N5OS. The highest BCUT2D eigenvalue weighted by molar-refractivity contribution is 7.99. The minimum absolute atomic E-state index is 0.00190. The topological polar surface area (TPSA) is 63.4 Å². The number of hydrogen-bond donors (Lipinski definition) is 0. The van der Waals surface area contributed by atoms with Crippen molar-refractivity contribution in [2.24, 2.45) is 5.10 Å². The van der Waals surface area contributed by atoms with Crippen LogP contribution in [-0.4, -0.2) is 43.7 Å². The van der Waals surface area contributed by atoms with E-state index >= 15 is 0 Å². The average molecular weight is 367 g/mol. The maximum atomic E-state index is 12.5. The maximum absolute atomic E-state index is 12.5. The van der Waals surface area contributed by atoms with Crippen molar-refractivity contribution in [3.05, 3.63) is 54.4 Å². The first kappa shape index (κ1) is 17.0. The number of rotatable bonds is 7. The van der Waals surface area contributed by atoms with Gasteiger partial charge < -0.3 is 4.57 Å². The zero-order valence-electron chi connectivity index (χ0n) is 14.5. The van der Waals surface area contributed by atoms with Crippen molar-refractivity contribution < 1.29 is 4.79 Å². The molecule has 1 aromatic carbocycles. The van der Waals surface area contributed by atoms with Crippen LogP contribution < -0.4 is 0 Å². The van der Waals surface area contributed by atoms with E-state index in [9.17, 15) is 4.79 Å². The Balaban J connectivity index is 1.40. The molecule has 0 radical (unpaired) electrons. The maximum Gasteiger partial charge on any atom is 0.253 e. The molecule has 1 aromatic heterocycles. The van der Waals surface area contributed by atoms with E-state index in [1.165, 1.54) is 24.6 Å². The summed E-state index contributed by atoms with van der Waals surface area (Å²) in [5, 5.41) is 15.5. The van der Waals surface area contributed by atoms with E-state index in [4.69, 9.17) is 0 Å². The first-order valence-electron chi connectivity index (χ1n) is 8.86. The number of amides is 1. The van der Waals surface area contributed by atoms with E-state index in [1.807, 2.05) is 36.4 Å². The van der Waals surface area contributed by atoms with E-state index in [2.05, 4.69) is 26.4 Å². The van der Waals surface area contributed by atoms with Crippen molar-refractivity contribution in [2.45, 2.75) is 36.9 Å². The molecule has 1 saturated carbocycles. The Labute approximate surface area is 157 Å². The summed E-state index contributed by atoms with van der Waals surface area (Å²) in [5.74, 6) is 1.85. The minimum atomic E-state index is 0.00190. The summed E-state index contributed by atoms with van der Waals surface area (Å²) in [6.45, 7) is 5.13. The summed E-state index contributed by atoms with van der Waals surface area (Å²) in [7, 11) is 0. The Bertz CT molecular complexity index is 841. The van der Waals surface area contributed by atoms with E-state index < -0.39 is 0 Å². The van der Waals surface area contributed by atoms with Crippen LogP contribution in [0.2, 0.25) is 0 Å². The van der Waals surface area contributed by atoms with Gasteiger partial charge in [-0.1, -0.05) is 48.2 Å². The summed E-state index contributed by atoms with van der Waals surface area (Å²) in [5.41, 5.74) is 2.05. The van der Waals surface area contributed by atoms with Gasteiger partial charge >= 0.3 is 0 Å². The lowest BCUT2D eigenvalue weighted by Crippen LogP contribution is -2.25. The lowest BCUT2D eigenvalue weighted by Gasteiger charge is -2.11. The Morgan fingerprint density at radius 1 is 1.27 bits per heavy atom. The predicted octanol–water partition coefficient (Wildman–Crippen LogP) is 3.07. The third kappa shape index (κ3) is 3.58. The van der Waals surface area contributed by atoms with Crippen molar-refractivity contribution in [2.75, 3.05) is 12.3 Å². The molecule has 134 valence electrons. The van der Waals surface area contributed by atoms with Gasteiger partial charge in [-0.05, 0) is 18.4 Å². The van der Waals surface area contributed by atoms with Crippen LogP contribution in [0, 0.1) is 0 Å². The Hall–Kier alpha value is -2.41. The van der Waals surface area contributed by atoms with E-state index in [1.54, 1.807) is 5.01 Å². The molecule has 2 heterocycles. The Kier molecular flexibility index (Phi) is 4.88. The van der Waals surface area contributed by atoms with Gasteiger partial charge in [0.25, 0.3) is 5.91 Å². The highest BCUT2D eigenvalue weighted by Crippen LogP contribution is 2.40. The molecule has 1 fully saturated rings. The number of benzene rings is 1. The van der Waals surface area contributed by atoms with Gasteiger partial charge in [-0.25, -0.2) is 5.01 Å². The monoisotopic (exact) mass is 367 g/mol. The van der Waals surface area contributed by atoms with Crippen LogP contribution >= 0.6 is 11.8 Å². The Morgan fingerprint density at radius 2 is 2.08 bits per heavy atom. The molecule has 6 nitrogen and oxygen atoms in total. The molecule has 1 amide bonds. The average Bonchev–Trinajstić information content (AvgIpc) is 3.25. The van der Waals surface area contributed by atoms with Crippen LogP contribution in [-0.2, 0) is 11.3 Å². The van der Waals surface area contributed by atoms with E-state index in [0.717, 1.165) is 28.7 Å². The minimum Gasteiger partial charge on any atom is -0.302 e. The van der Waals surface area contributed by atoms with Crippen LogP contribution in [0.1, 0.15) is 36.6 Å². The molecule has 0 bridgehead atoms. The zero-order chi connectivity index (χ0) is 17.9. The molecular weight excluding hydrogens is 346 g/mol. The van der Waals surface area contributed by atoms with E-state index in [0.29, 0.717) is 24.8 Å². The molecule has 1 aliphatic heterocycles. The van der Waals surface area contributed by atoms with Crippen molar-refractivity contribution in [3.63, 3.8) is 0 Å². The number of thioether (sulfide) groups is 1. The standard InChI is InChI=1S/C19H21N5OS/c1-2-11-23-18(15-8-9-15)20-21-19(23)26-13-17(25)24-12-10-16(22-24)14-6-4-3-5-7-14/h2-7,15H,1,8-13H2. The smallest absolute Gasteiger partial charge is 0.253 e. The van der Waals surface area contributed by atoms with Crippen LogP contribution in [0.25, 0.3) is 0 Å². The molecule has 0 saturated heterocycles. The molecule has 7 heteroatoms. The lowest BCUT2D eigenvalue weighted by molar-refractivity contribution is -0.127. The first-order chi connectivity index (χ1) is 12.8. The molecule has 0 N–H and O–H groups in total. The number of aromatic nitrogens is 3. The largest absolute Gasteiger partial charge is 0.302 e. The highest BCUT2D eigenvalue weighted by atomic mass is 32.2. The number of carbonyl (C=O) groups is 1. The van der Waals surface area contributed by atoms with Gasteiger partial charge in [-0.2, -0.15) is 5.10 Å². The van der Waals surface area contributed by atoms with Gasteiger partial charge in [-0.15, -0.1) is 16.8 Å². The molecule has 0 atom stereocenters. The molecule has 2 aromatic rings. The SMILES string of the molecule is C=CCn1c(SCC(=O)N2CCC(c3ccccc3)=N2)nnc1C1CC1. The second kappa shape index (κ2) is 7.45. The molecule has 4 rings (SSSR count). The van der Waals surface area contributed by atoms with E-state index in [-0.39, 0.29) is 5.91 Å². The fourth-order valence-corrected chi connectivity index (χ4v) is 3.85. The molecule has 0 unspecified atom stereocenters. The summed E-state index contributed by atoms with van der Waals surface area (Å²) >= 11 is 1.43. The van der Waals surface area contributed by atoms with Gasteiger partial charge in [0.1, 0.15) is 5.82 Å². The van der Waals surface area contributed by atoms with Crippen molar-refractivity contribution >= 4 is 23.4 Å². The van der Waals surface area contributed by atoms with Crippen LogP contribution in [0.5, 0.6) is 0 Å². The zero-order valence-corrected chi connectivity index (χ0v) is 15.4. The van der Waals surface area contributed by atoms with Crippen molar-refractivity contribution in [3.8, 4) is 0 Å². The number of nitrogens with zero attached hydrogens (tertiary/aromatic N) is 5. The van der Waals surface area contributed by atoms with Crippen molar-refractivity contribution in [1.29, 1.82) is 0 Å². The molecule has 0 spiro atoms. The summed E-state index contributed by atoms with van der Waals surface area (Å²) in [4.78, 5) is 12.5. The van der Waals surface area contributed by atoms with Gasteiger partial charge in [0, 0.05) is 18.9 Å². The highest BCUT2D eigenvalue weighted by Gasteiger charge is 2.30. The number of hydrazone groups is 1. The van der Waals surface area contributed by atoms with Crippen LogP contribution in [0.4, 0.5) is 0 Å². The quantitative estimate of drug-likeness (QED) is 0.557. The predicted molar refractivity (Wildman–Crippen MR) is 102 cm³/mol. The van der Waals surface area contributed by atoms with Gasteiger partial charge in [-0.3, -0.25) is 4.79 Å². The van der Waals surface area contributed by atoms with Gasteiger partial charge in [0.15, 0.2) is 5.16 Å². The Morgan fingerprint density at radius 3 is 2.81 bits per heavy atom. The summed E-state index contributed by atoms with van der Waals surface area (Å²) < 4.78 is 2.07. The molecule has 1 aliphatic carbocycles. The second-order valence-electron chi connectivity index (χ2n) is 6.48. The fraction of sp³-hybridized carbons (Fsp3) is 0.368. The molecule has 2 aliphatic rings. The summed E-state index contributed by atoms with van der Waals surface area (Å²) in [6.07, 6.45) is 4.98. The van der Waals surface area contributed by atoms with Crippen LogP contribution in [0.15, 0.2) is 53.2 Å². The number of carbonyl (C=O) groups excluding carboxylic acids is 1. The van der Waals surface area contributed by atoms with Gasteiger partial charge in [0.05, 0.1) is 18.0 Å². The van der Waals surface area contributed by atoms with Crippen molar-refractivity contribution in [1.82, 2.24) is 19.8 Å². The second-order valence-corrected chi connectivity index (χ2v) is 7.43. The third-order valence-corrected chi connectivity index (χ3v) is 5.47. The number of allylic oxidation sites excluding steroid dienone is 1. The normalized spacial score (nSPS) is 16.6. The first-order valence-corrected chi connectivity index (χ1v) is 9.85. The number of hydrogen-bond acceptors (Lipinski definition) is 5. The van der Waals surface area contributed by atoms with Gasteiger partial charge in [0.2, 0.25) is 0 Å². The summed E-state index contributed by atoms with van der Waals surface area (Å²) in [6, 6.07) is 10.0. The fourth-order valence-electron chi connectivity index (χ4n) is 3.02.